The van der Waals surface area contributed by atoms with Gasteiger partial charge in [0.25, 0.3) is 5.91 Å². The van der Waals surface area contributed by atoms with E-state index in [0.717, 1.165) is 12.2 Å². The van der Waals surface area contributed by atoms with Crippen LogP contribution in [-0.2, 0) is 11.3 Å². The number of carbonyl (C=O) groups excluding carboxylic acids is 1. The van der Waals surface area contributed by atoms with Crippen LogP contribution in [0.15, 0.2) is 6.20 Å². The van der Waals surface area contributed by atoms with Crippen LogP contribution in [0.4, 0.5) is 0 Å². The second kappa shape index (κ2) is 4.65. The van der Waals surface area contributed by atoms with E-state index in [1.165, 1.54) is 0 Å². The first-order valence-electron chi connectivity index (χ1n) is 5.63. The minimum absolute atomic E-state index is 0.0699. The summed E-state index contributed by atoms with van der Waals surface area (Å²) in [4.78, 5) is 14.0. The summed E-state index contributed by atoms with van der Waals surface area (Å²) < 4.78 is 7.02. The number of morpholine rings is 1. The number of ether oxygens (including phenoxy) is 1. The Morgan fingerprint density at radius 1 is 1.50 bits per heavy atom. The molecule has 88 valence electrons. The molecule has 1 aliphatic heterocycles. The van der Waals surface area contributed by atoms with Gasteiger partial charge in [-0.25, -0.2) is 0 Å². The number of aromatic nitrogens is 2. The topological polar surface area (TPSA) is 47.4 Å². The van der Waals surface area contributed by atoms with E-state index in [1.54, 1.807) is 4.68 Å². The molecule has 1 fully saturated rings. The maximum atomic E-state index is 12.2. The summed E-state index contributed by atoms with van der Waals surface area (Å²) in [7, 11) is 0. The van der Waals surface area contributed by atoms with Crippen molar-refractivity contribution in [3.8, 4) is 0 Å². The van der Waals surface area contributed by atoms with E-state index in [0.29, 0.717) is 31.9 Å². The molecular weight excluding hydrogens is 206 g/mol. The second-order valence-corrected chi connectivity index (χ2v) is 3.89. The monoisotopic (exact) mass is 223 g/mol. The molecule has 0 atom stereocenters. The number of aryl methyl sites for hydroxylation is 2. The van der Waals surface area contributed by atoms with Gasteiger partial charge in [0.05, 0.1) is 24.5 Å². The number of amides is 1. The zero-order valence-electron chi connectivity index (χ0n) is 9.77. The van der Waals surface area contributed by atoms with E-state index in [4.69, 9.17) is 4.74 Å². The lowest BCUT2D eigenvalue weighted by molar-refractivity contribution is 0.0302. The summed E-state index contributed by atoms with van der Waals surface area (Å²) in [6.07, 6.45) is 1.83. The van der Waals surface area contributed by atoms with Crippen molar-refractivity contribution >= 4 is 5.91 Å². The zero-order chi connectivity index (χ0) is 11.5. The van der Waals surface area contributed by atoms with Gasteiger partial charge in [-0.2, -0.15) is 5.10 Å². The molecule has 0 radical (unpaired) electrons. The summed E-state index contributed by atoms with van der Waals surface area (Å²) in [5.74, 6) is 0.0699. The van der Waals surface area contributed by atoms with Crippen LogP contribution < -0.4 is 0 Å². The van der Waals surface area contributed by atoms with Gasteiger partial charge in [0.2, 0.25) is 0 Å². The molecule has 16 heavy (non-hydrogen) atoms. The lowest BCUT2D eigenvalue weighted by atomic mass is 10.2. The Hall–Kier alpha value is -1.36. The Morgan fingerprint density at radius 3 is 2.75 bits per heavy atom. The number of hydrogen-bond donors (Lipinski definition) is 0. The molecule has 0 unspecified atom stereocenters. The van der Waals surface area contributed by atoms with Crippen molar-refractivity contribution in [3.63, 3.8) is 0 Å². The van der Waals surface area contributed by atoms with Gasteiger partial charge in [0.1, 0.15) is 0 Å². The number of carbonyl (C=O) groups is 1. The fourth-order valence-corrected chi connectivity index (χ4v) is 1.83. The van der Waals surface area contributed by atoms with E-state index < -0.39 is 0 Å². The summed E-state index contributed by atoms with van der Waals surface area (Å²) in [6, 6.07) is 0. The molecule has 1 aromatic heterocycles. The maximum Gasteiger partial charge on any atom is 0.257 e. The van der Waals surface area contributed by atoms with Gasteiger partial charge in [-0.15, -0.1) is 0 Å². The van der Waals surface area contributed by atoms with Crippen molar-refractivity contribution in [2.45, 2.75) is 20.4 Å². The summed E-state index contributed by atoms with van der Waals surface area (Å²) >= 11 is 0. The lowest BCUT2D eigenvalue weighted by Gasteiger charge is -2.26. The Labute approximate surface area is 95.0 Å². The maximum absolute atomic E-state index is 12.2. The highest BCUT2D eigenvalue weighted by atomic mass is 16.5. The number of nitrogens with zero attached hydrogens (tertiary/aromatic N) is 3. The van der Waals surface area contributed by atoms with Gasteiger partial charge >= 0.3 is 0 Å². The van der Waals surface area contributed by atoms with Gasteiger partial charge < -0.3 is 9.64 Å². The summed E-state index contributed by atoms with van der Waals surface area (Å²) in [5, 5.41) is 4.28. The van der Waals surface area contributed by atoms with Crippen LogP contribution in [0.3, 0.4) is 0 Å². The first-order chi connectivity index (χ1) is 7.72. The standard InChI is InChI=1S/C11H17N3O2/c1-3-14-8-10(9(2)12-14)11(15)13-4-6-16-7-5-13/h8H,3-7H2,1-2H3. The van der Waals surface area contributed by atoms with Crippen LogP contribution in [0, 0.1) is 6.92 Å². The molecular formula is C11H17N3O2. The first-order valence-corrected chi connectivity index (χ1v) is 5.63. The van der Waals surface area contributed by atoms with Crippen LogP contribution in [-0.4, -0.2) is 46.9 Å². The molecule has 0 saturated carbocycles. The Morgan fingerprint density at radius 2 is 2.19 bits per heavy atom. The van der Waals surface area contributed by atoms with Gasteiger partial charge in [0, 0.05) is 25.8 Å². The van der Waals surface area contributed by atoms with Gasteiger partial charge in [-0.05, 0) is 13.8 Å². The Kier molecular flexibility index (Phi) is 3.24. The van der Waals surface area contributed by atoms with Gasteiger partial charge in [-0.3, -0.25) is 9.48 Å². The van der Waals surface area contributed by atoms with E-state index in [9.17, 15) is 4.79 Å². The average molecular weight is 223 g/mol. The van der Waals surface area contributed by atoms with Crippen LogP contribution in [0.2, 0.25) is 0 Å². The molecule has 0 N–H and O–H groups in total. The van der Waals surface area contributed by atoms with E-state index >= 15 is 0 Å². The third kappa shape index (κ3) is 2.09. The van der Waals surface area contributed by atoms with Crippen molar-refractivity contribution in [3.05, 3.63) is 17.5 Å². The molecule has 0 aliphatic carbocycles. The Balaban J connectivity index is 2.15. The quantitative estimate of drug-likeness (QED) is 0.741. The van der Waals surface area contributed by atoms with Gasteiger partial charge in [-0.1, -0.05) is 0 Å². The predicted molar refractivity (Wildman–Crippen MR) is 59.4 cm³/mol. The van der Waals surface area contributed by atoms with Gasteiger partial charge in [0.15, 0.2) is 0 Å². The predicted octanol–water partition coefficient (Wildman–Crippen LogP) is 0.684. The van der Waals surface area contributed by atoms with E-state index in [-0.39, 0.29) is 5.91 Å². The van der Waals surface area contributed by atoms with Crippen molar-refractivity contribution in [2.24, 2.45) is 0 Å². The molecule has 5 heteroatoms. The smallest absolute Gasteiger partial charge is 0.257 e. The van der Waals surface area contributed by atoms with Crippen LogP contribution in [0.5, 0.6) is 0 Å². The number of hydrogen-bond acceptors (Lipinski definition) is 3. The summed E-state index contributed by atoms with van der Waals surface area (Å²) in [5.41, 5.74) is 1.52. The minimum Gasteiger partial charge on any atom is -0.378 e. The third-order valence-electron chi connectivity index (χ3n) is 2.80. The zero-order valence-corrected chi connectivity index (χ0v) is 9.77. The molecule has 1 saturated heterocycles. The largest absolute Gasteiger partial charge is 0.378 e. The third-order valence-corrected chi connectivity index (χ3v) is 2.80. The average Bonchev–Trinajstić information content (AvgIpc) is 2.71. The van der Waals surface area contributed by atoms with Crippen molar-refractivity contribution in [2.75, 3.05) is 26.3 Å². The lowest BCUT2D eigenvalue weighted by Crippen LogP contribution is -2.40. The fourth-order valence-electron chi connectivity index (χ4n) is 1.83. The highest BCUT2D eigenvalue weighted by Crippen LogP contribution is 2.11. The Bertz CT molecular complexity index is 381. The first kappa shape index (κ1) is 11.1. The molecule has 2 rings (SSSR count). The minimum atomic E-state index is 0.0699. The van der Waals surface area contributed by atoms with Crippen LogP contribution >= 0.6 is 0 Å². The highest BCUT2D eigenvalue weighted by Gasteiger charge is 2.21. The molecule has 0 spiro atoms. The molecule has 1 aliphatic rings. The molecule has 0 aromatic carbocycles. The molecule has 1 aromatic rings. The fraction of sp³-hybridized carbons (Fsp3) is 0.636. The van der Waals surface area contributed by atoms with E-state index in [1.807, 2.05) is 24.9 Å². The van der Waals surface area contributed by atoms with Crippen LogP contribution in [0.25, 0.3) is 0 Å². The SMILES string of the molecule is CCn1cc(C(=O)N2CCOCC2)c(C)n1. The van der Waals surface area contributed by atoms with Crippen molar-refractivity contribution < 1.29 is 9.53 Å². The molecule has 2 heterocycles. The summed E-state index contributed by atoms with van der Waals surface area (Å²) in [6.45, 7) is 7.29. The number of rotatable bonds is 2. The second-order valence-electron chi connectivity index (χ2n) is 3.89. The molecule has 0 bridgehead atoms. The van der Waals surface area contributed by atoms with Crippen molar-refractivity contribution in [1.82, 2.24) is 14.7 Å². The normalized spacial score (nSPS) is 16.5. The molecule has 1 amide bonds. The van der Waals surface area contributed by atoms with Crippen molar-refractivity contribution in [1.29, 1.82) is 0 Å². The van der Waals surface area contributed by atoms with E-state index in [2.05, 4.69) is 5.10 Å². The highest BCUT2D eigenvalue weighted by molar-refractivity contribution is 5.95. The van der Waals surface area contributed by atoms with Crippen LogP contribution in [0.1, 0.15) is 23.0 Å². The molecule has 5 nitrogen and oxygen atoms in total.